The third-order valence-corrected chi connectivity index (χ3v) is 3.57. The van der Waals surface area contributed by atoms with E-state index in [1.165, 1.54) is 0 Å². The quantitative estimate of drug-likeness (QED) is 0.750. The summed E-state index contributed by atoms with van der Waals surface area (Å²) in [6.45, 7) is 2.64. The highest BCUT2D eigenvalue weighted by Crippen LogP contribution is 2.27. The Bertz CT molecular complexity index is 447. The molecule has 0 unspecified atom stereocenters. The van der Waals surface area contributed by atoms with Crippen molar-refractivity contribution >= 4 is 47.4 Å². The van der Waals surface area contributed by atoms with Gasteiger partial charge in [0.2, 0.25) is 5.91 Å². The number of carbonyl (C=O) groups excluding carboxylic acids is 1. The lowest BCUT2D eigenvalue weighted by atomic mass is 10.2. The summed E-state index contributed by atoms with van der Waals surface area (Å²) in [6.07, 6.45) is 3.55. The van der Waals surface area contributed by atoms with Gasteiger partial charge in [-0.1, -0.05) is 18.5 Å². The lowest BCUT2D eigenvalue weighted by molar-refractivity contribution is -0.117. The van der Waals surface area contributed by atoms with Gasteiger partial charge in [0.15, 0.2) is 0 Å². The molecule has 0 aliphatic carbocycles. The molecule has 0 heterocycles. The molecule has 7 heteroatoms. The van der Waals surface area contributed by atoms with Gasteiger partial charge in [-0.25, -0.2) is 0 Å². The number of thioether (sulfide) groups is 1. The maximum absolute atomic E-state index is 11.9. The van der Waals surface area contributed by atoms with Gasteiger partial charge in [0, 0.05) is 5.69 Å². The Hall–Kier alpha value is -0.620. The number of nitrogens with two attached hydrogens (primary N) is 1. The van der Waals surface area contributed by atoms with Crippen molar-refractivity contribution < 1.29 is 9.53 Å². The number of hydrogen-bond acceptors (Lipinski definition) is 4. The van der Waals surface area contributed by atoms with E-state index in [1.807, 2.05) is 13.2 Å². The van der Waals surface area contributed by atoms with E-state index >= 15 is 0 Å². The lowest BCUT2D eigenvalue weighted by Crippen LogP contribution is -2.36. The normalized spacial score (nSPS) is 11.4. The van der Waals surface area contributed by atoms with E-state index in [0.29, 0.717) is 29.5 Å². The van der Waals surface area contributed by atoms with Crippen LogP contribution < -0.4 is 15.8 Å². The van der Waals surface area contributed by atoms with Crippen LogP contribution in [0, 0.1) is 0 Å². The zero-order valence-electron chi connectivity index (χ0n) is 12.2. The number of carbonyl (C=O) groups is 1. The molecule has 0 bridgehead atoms. The van der Waals surface area contributed by atoms with E-state index in [2.05, 4.69) is 5.32 Å². The number of amides is 1. The molecule has 1 aromatic rings. The minimum absolute atomic E-state index is 0. The second kappa shape index (κ2) is 11.0. The number of anilines is 1. The van der Waals surface area contributed by atoms with Gasteiger partial charge in [-0.2, -0.15) is 11.8 Å². The summed E-state index contributed by atoms with van der Waals surface area (Å²) in [4.78, 5) is 11.9. The van der Waals surface area contributed by atoms with Gasteiger partial charge in [-0.05, 0) is 43.0 Å². The van der Waals surface area contributed by atoms with Gasteiger partial charge >= 0.3 is 0 Å². The SMILES string of the molecule is CCCOc1ccc(NC(=O)[C@@H](N)CCSC)cc1Cl.Cl. The Kier molecular flexibility index (Phi) is 10.7. The van der Waals surface area contributed by atoms with Crippen LogP contribution in [0.25, 0.3) is 0 Å². The largest absolute Gasteiger partial charge is 0.492 e. The molecule has 21 heavy (non-hydrogen) atoms. The van der Waals surface area contributed by atoms with Crippen molar-refractivity contribution in [3.63, 3.8) is 0 Å². The van der Waals surface area contributed by atoms with E-state index in [1.54, 1.807) is 30.0 Å². The van der Waals surface area contributed by atoms with E-state index in [-0.39, 0.29) is 18.3 Å². The van der Waals surface area contributed by atoms with Crippen molar-refractivity contribution in [2.24, 2.45) is 5.73 Å². The number of ether oxygens (including phenoxy) is 1. The Balaban J connectivity index is 0.00000400. The third kappa shape index (κ3) is 7.27. The highest BCUT2D eigenvalue weighted by atomic mass is 35.5. The van der Waals surface area contributed by atoms with E-state index < -0.39 is 6.04 Å². The zero-order chi connectivity index (χ0) is 15.0. The van der Waals surface area contributed by atoms with E-state index in [0.717, 1.165) is 12.2 Å². The summed E-state index contributed by atoms with van der Waals surface area (Å²) in [6, 6.07) is 4.68. The minimum atomic E-state index is -0.503. The maximum Gasteiger partial charge on any atom is 0.241 e. The molecule has 0 radical (unpaired) electrons. The molecule has 1 aromatic carbocycles. The smallest absolute Gasteiger partial charge is 0.241 e. The van der Waals surface area contributed by atoms with Crippen LogP contribution in [0.5, 0.6) is 5.75 Å². The number of halogens is 2. The average molecular weight is 353 g/mol. The summed E-state index contributed by atoms with van der Waals surface area (Å²) in [5.74, 6) is 1.29. The molecular weight excluding hydrogens is 331 g/mol. The molecular formula is C14H22Cl2N2O2S. The van der Waals surface area contributed by atoms with Gasteiger partial charge in [0.05, 0.1) is 17.7 Å². The predicted molar refractivity (Wildman–Crippen MR) is 94.1 cm³/mol. The standard InChI is InChI=1S/C14H21ClN2O2S.ClH/c1-3-7-19-13-5-4-10(9-11(13)15)17-14(18)12(16)6-8-20-2;/h4-5,9,12H,3,6-8,16H2,1-2H3,(H,17,18);1H/t12-;/m0./s1. The molecule has 0 fully saturated rings. The fraction of sp³-hybridized carbons (Fsp3) is 0.500. The van der Waals surface area contributed by atoms with Gasteiger partial charge in [0.25, 0.3) is 0 Å². The Morgan fingerprint density at radius 1 is 1.52 bits per heavy atom. The molecule has 120 valence electrons. The second-order valence-corrected chi connectivity index (χ2v) is 5.76. The highest BCUT2D eigenvalue weighted by molar-refractivity contribution is 7.98. The maximum atomic E-state index is 11.9. The van der Waals surface area contributed by atoms with E-state index in [9.17, 15) is 4.79 Å². The second-order valence-electron chi connectivity index (χ2n) is 4.37. The van der Waals surface area contributed by atoms with Crippen LogP contribution in [-0.4, -0.2) is 30.6 Å². The highest BCUT2D eigenvalue weighted by Gasteiger charge is 2.13. The van der Waals surface area contributed by atoms with Gasteiger partial charge < -0.3 is 15.8 Å². The molecule has 1 amide bonds. The van der Waals surface area contributed by atoms with Crippen molar-refractivity contribution in [2.45, 2.75) is 25.8 Å². The van der Waals surface area contributed by atoms with Gasteiger partial charge in [-0.15, -0.1) is 12.4 Å². The lowest BCUT2D eigenvalue weighted by Gasteiger charge is -2.13. The number of nitrogens with one attached hydrogen (secondary N) is 1. The van der Waals surface area contributed by atoms with Crippen LogP contribution in [0.2, 0.25) is 5.02 Å². The molecule has 1 atom stereocenters. The van der Waals surface area contributed by atoms with Crippen LogP contribution >= 0.6 is 35.8 Å². The first-order chi connectivity index (χ1) is 9.58. The molecule has 4 nitrogen and oxygen atoms in total. The Morgan fingerprint density at radius 2 is 2.24 bits per heavy atom. The van der Waals surface area contributed by atoms with Crippen molar-refractivity contribution in [1.29, 1.82) is 0 Å². The number of hydrogen-bond donors (Lipinski definition) is 2. The predicted octanol–water partition coefficient (Wildman–Crippen LogP) is 3.57. The first kappa shape index (κ1) is 20.4. The first-order valence-electron chi connectivity index (χ1n) is 6.56. The minimum Gasteiger partial charge on any atom is -0.492 e. The average Bonchev–Trinajstić information content (AvgIpc) is 2.43. The molecule has 1 rings (SSSR count). The molecule has 0 aliphatic heterocycles. The van der Waals surface area contributed by atoms with Crippen LogP contribution in [0.3, 0.4) is 0 Å². The van der Waals surface area contributed by atoms with Crippen LogP contribution in [0.1, 0.15) is 19.8 Å². The van der Waals surface area contributed by atoms with E-state index in [4.69, 9.17) is 22.1 Å². The Morgan fingerprint density at radius 3 is 2.81 bits per heavy atom. The summed E-state index contributed by atoms with van der Waals surface area (Å²) in [5.41, 5.74) is 6.43. The zero-order valence-corrected chi connectivity index (χ0v) is 14.6. The molecule has 0 saturated heterocycles. The summed E-state index contributed by atoms with van der Waals surface area (Å²) in [5, 5.41) is 3.24. The van der Waals surface area contributed by atoms with Crippen LogP contribution in [0.4, 0.5) is 5.69 Å². The number of rotatable bonds is 8. The van der Waals surface area contributed by atoms with Crippen molar-refractivity contribution in [3.05, 3.63) is 23.2 Å². The summed E-state index contributed by atoms with van der Waals surface area (Å²) < 4.78 is 5.47. The first-order valence-corrected chi connectivity index (χ1v) is 8.33. The fourth-order valence-electron chi connectivity index (χ4n) is 1.52. The summed E-state index contributed by atoms with van der Waals surface area (Å²) >= 11 is 7.77. The molecule has 0 spiro atoms. The van der Waals surface area contributed by atoms with Crippen molar-refractivity contribution in [3.8, 4) is 5.75 Å². The fourth-order valence-corrected chi connectivity index (χ4v) is 2.24. The molecule has 0 saturated carbocycles. The molecule has 3 N–H and O–H groups in total. The molecule has 0 aliphatic rings. The van der Waals surface area contributed by atoms with Crippen LogP contribution in [-0.2, 0) is 4.79 Å². The summed E-state index contributed by atoms with van der Waals surface area (Å²) in [7, 11) is 0. The third-order valence-electron chi connectivity index (χ3n) is 2.63. The van der Waals surface area contributed by atoms with Gasteiger partial charge in [0.1, 0.15) is 5.75 Å². The monoisotopic (exact) mass is 352 g/mol. The molecule has 0 aromatic heterocycles. The van der Waals surface area contributed by atoms with Crippen LogP contribution in [0.15, 0.2) is 18.2 Å². The number of benzene rings is 1. The topological polar surface area (TPSA) is 64.3 Å². The van der Waals surface area contributed by atoms with Crippen molar-refractivity contribution in [2.75, 3.05) is 23.9 Å². The van der Waals surface area contributed by atoms with Gasteiger partial charge in [-0.3, -0.25) is 4.79 Å². The van der Waals surface area contributed by atoms with Crippen molar-refractivity contribution in [1.82, 2.24) is 0 Å². The Labute approximate surface area is 141 Å².